The van der Waals surface area contributed by atoms with E-state index >= 15 is 0 Å². The fraction of sp³-hybridized carbons (Fsp3) is 0.533. The molecule has 5 heteroatoms. The maximum Gasteiger partial charge on any atom is 0.187 e. The molecule has 0 amide bonds. The molecule has 0 aliphatic carbocycles. The molecule has 0 atom stereocenters. The van der Waals surface area contributed by atoms with Gasteiger partial charge in [-0.3, -0.25) is 0 Å². The quantitative estimate of drug-likeness (QED) is 0.261. The van der Waals surface area contributed by atoms with Crippen molar-refractivity contribution in [1.82, 2.24) is 0 Å². The number of rotatable bonds is 8. The summed E-state index contributed by atoms with van der Waals surface area (Å²) in [5.41, 5.74) is 8.15. The molecule has 0 spiro atoms. The summed E-state index contributed by atoms with van der Waals surface area (Å²) in [4.78, 5) is 3.40. The lowest BCUT2D eigenvalue weighted by atomic mass is 10.1. The number of anilines is 1. The highest BCUT2D eigenvalue weighted by Crippen LogP contribution is 2.20. The van der Waals surface area contributed by atoms with Crippen molar-refractivity contribution in [2.45, 2.75) is 32.1 Å². The van der Waals surface area contributed by atoms with Gasteiger partial charge in [0.1, 0.15) is 6.79 Å². The van der Waals surface area contributed by atoms with Gasteiger partial charge in [0.2, 0.25) is 0 Å². The van der Waals surface area contributed by atoms with Gasteiger partial charge in [-0.05, 0) is 24.1 Å². The summed E-state index contributed by atoms with van der Waals surface area (Å²) in [5.74, 6) is 0. The Bertz CT molecular complexity index is 464. The van der Waals surface area contributed by atoms with E-state index in [2.05, 4.69) is 24.5 Å². The molecule has 0 saturated heterocycles. The first kappa shape index (κ1) is 16.7. The molecule has 0 heterocycles. The fourth-order valence-corrected chi connectivity index (χ4v) is 2.37. The van der Waals surface area contributed by atoms with Crippen molar-refractivity contribution < 1.29 is 9.47 Å². The van der Waals surface area contributed by atoms with Crippen LogP contribution in [0.4, 0.5) is 11.4 Å². The van der Waals surface area contributed by atoms with E-state index in [0.717, 1.165) is 18.2 Å². The molecule has 0 aromatic heterocycles. The number of nitrogen functional groups attached to an aromatic ring is 1. The first-order chi connectivity index (χ1) is 9.42. The van der Waals surface area contributed by atoms with E-state index in [1.54, 1.807) is 12.1 Å². The van der Waals surface area contributed by atoms with E-state index in [-0.39, 0.29) is 0 Å². The van der Waals surface area contributed by atoms with Crippen LogP contribution in [0, 0.1) is 6.57 Å². The van der Waals surface area contributed by atoms with Gasteiger partial charge in [-0.2, -0.15) is 0 Å². The number of hydrogen-bond acceptors (Lipinski definition) is 3. The average Bonchev–Trinajstić information content (AvgIpc) is 2.38. The average molecular weight is 292 g/mol. The van der Waals surface area contributed by atoms with Gasteiger partial charge in [-0.1, -0.05) is 31.8 Å². The minimum Gasteiger partial charge on any atom is -0.399 e. The van der Waals surface area contributed by atoms with Crippen molar-refractivity contribution in [2.75, 3.05) is 25.7 Å². The Morgan fingerprint density at radius 3 is 2.55 bits per heavy atom. The summed E-state index contributed by atoms with van der Waals surface area (Å²) in [7, 11) is -1.02. The van der Waals surface area contributed by atoms with E-state index in [4.69, 9.17) is 21.8 Å². The molecular formula is C15H24N2O2Si. The van der Waals surface area contributed by atoms with Gasteiger partial charge in [0.25, 0.3) is 0 Å². The van der Waals surface area contributed by atoms with E-state index < -0.39 is 8.07 Å². The van der Waals surface area contributed by atoms with Crippen molar-refractivity contribution in [2.24, 2.45) is 0 Å². The molecule has 110 valence electrons. The molecule has 0 aliphatic heterocycles. The third-order valence-electron chi connectivity index (χ3n) is 2.93. The van der Waals surface area contributed by atoms with Gasteiger partial charge < -0.3 is 15.2 Å². The lowest BCUT2D eigenvalue weighted by Gasteiger charge is -2.15. The van der Waals surface area contributed by atoms with Gasteiger partial charge in [0.15, 0.2) is 5.69 Å². The van der Waals surface area contributed by atoms with Crippen LogP contribution in [0.1, 0.15) is 5.56 Å². The normalized spacial score (nSPS) is 11.3. The minimum absolute atomic E-state index is 0.326. The molecule has 0 saturated carbocycles. The lowest BCUT2D eigenvalue weighted by molar-refractivity contribution is -0.0483. The summed E-state index contributed by atoms with van der Waals surface area (Å²) >= 11 is 0. The highest BCUT2D eigenvalue weighted by atomic mass is 28.3. The first-order valence-corrected chi connectivity index (χ1v) is 10.5. The molecule has 0 radical (unpaired) electrons. The van der Waals surface area contributed by atoms with Gasteiger partial charge in [-0.15, -0.1) is 0 Å². The van der Waals surface area contributed by atoms with Crippen molar-refractivity contribution >= 4 is 19.4 Å². The number of hydrogen-bond donors (Lipinski definition) is 1. The fourth-order valence-electron chi connectivity index (χ4n) is 1.62. The number of nitrogens with zero attached hydrogens (tertiary/aromatic N) is 1. The van der Waals surface area contributed by atoms with Crippen LogP contribution in [0.3, 0.4) is 0 Å². The smallest absolute Gasteiger partial charge is 0.187 e. The van der Waals surface area contributed by atoms with Crippen molar-refractivity contribution in [3.8, 4) is 0 Å². The van der Waals surface area contributed by atoms with Gasteiger partial charge in [-0.25, -0.2) is 4.85 Å². The summed E-state index contributed by atoms with van der Waals surface area (Å²) in [6.45, 7) is 15.6. The highest BCUT2D eigenvalue weighted by Gasteiger charge is 2.11. The zero-order valence-corrected chi connectivity index (χ0v) is 13.6. The largest absolute Gasteiger partial charge is 0.399 e. The van der Waals surface area contributed by atoms with Crippen LogP contribution < -0.4 is 5.73 Å². The van der Waals surface area contributed by atoms with E-state index in [1.165, 1.54) is 0 Å². The number of ether oxygens (including phenoxy) is 2. The molecule has 0 bridgehead atoms. The SMILES string of the molecule is [C-]#[N+]c1ccc(N)c(CCOCOCC[Si](C)(C)C)c1. The number of benzene rings is 1. The van der Waals surface area contributed by atoms with Gasteiger partial charge in [0.05, 0.1) is 13.2 Å². The Morgan fingerprint density at radius 2 is 1.90 bits per heavy atom. The summed E-state index contributed by atoms with van der Waals surface area (Å²) < 4.78 is 10.9. The molecule has 0 aliphatic rings. The second-order valence-corrected chi connectivity index (χ2v) is 11.6. The van der Waals surface area contributed by atoms with E-state index in [1.807, 2.05) is 6.07 Å². The third kappa shape index (κ3) is 6.71. The Labute approximate surface area is 122 Å². The Hall–Kier alpha value is -1.35. The zero-order chi connectivity index (χ0) is 15.0. The molecule has 2 N–H and O–H groups in total. The van der Waals surface area contributed by atoms with Crippen LogP contribution in [-0.2, 0) is 15.9 Å². The van der Waals surface area contributed by atoms with Crippen LogP contribution in [0.15, 0.2) is 18.2 Å². The monoisotopic (exact) mass is 292 g/mol. The van der Waals surface area contributed by atoms with Gasteiger partial charge in [0, 0.05) is 20.4 Å². The second kappa shape index (κ2) is 8.05. The van der Waals surface area contributed by atoms with Crippen molar-refractivity contribution in [1.29, 1.82) is 0 Å². The van der Waals surface area contributed by atoms with Crippen LogP contribution in [0.5, 0.6) is 0 Å². The Balaban J connectivity index is 2.20. The molecule has 1 aromatic carbocycles. The topological polar surface area (TPSA) is 48.8 Å². The molecule has 1 aromatic rings. The van der Waals surface area contributed by atoms with E-state index in [9.17, 15) is 0 Å². The minimum atomic E-state index is -1.02. The highest BCUT2D eigenvalue weighted by molar-refractivity contribution is 6.76. The molecule has 1 rings (SSSR count). The molecular weight excluding hydrogens is 268 g/mol. The predicted molar refractivity (Wildman–Crippen MR) is 85.7 cm³/mol. The van der Waals surface area contributed by atoms with Crippen LogP contribution in [0.2, 0.25) is 25.7 Å². The summed E-state index contributed by atoms with van der Waals surface area (Å²) in [5, 5.41) is 0. The van der Waals surface area contributed by atoms with Crippen molar-refractivity contribution in [3.05, 3.63) is 35.2 Å². The zero-order valence-electron chi connectivity index (χ0n) is 12.6. The molecule has 0 fully saturated rings. The van der Waals surface area contributed by atoms with Crippen LogP contribution in [0.25, 0.3) is 4.85 Å². The van der Waals surface area contributed by atoms with E-state index in [0.29, 0.717) is 31.2 Å². The summed E-state index contributed by atoms with van der Waals surface area (Å²) in [6.07, 6.45) is 0.701. The van der Waals surface area contributed by atoms with Gasteiger partial charge >= 0.3 is 0 Å². The van der Waals surface area contributed by atoms with Crippen LogP contribution >= 0.6 is 0 Å². The Morgan fingerprint density at radius 1 is 1.20 bits per heavy atom. The molecule has 4 nitrogen and oxygen atoms in total. The number of nitrogens with two attached hydrogens (primary N) is 1. The van der Waals surface area contributed by atoms with Crippen LogP contribution in [-0.4, -0.2) is 28.1 Å². The predicted octanol–water partition coefficient (Wildman–Crippen LogP) is 3.69. The molecule has 0 unspecified atom stereocenters. The summed E-state index contributed by atoms with van der Waals surface area (Å²) in [6, 6.07) is 6.47. The maximum absolute atomic E-state index is 6.99. The standard InChI is InChI=1S/C15H24N2O2Si/c1-17-14-5-6-15(16)13(11-14)7-8-18-12-19-9-10-20(2,3)4/h5-6,11H,7-10,12,16H2,2-4H3. The second-order valence-electron chi connectivity index (χ2n) is 5.99. The Kier molecular flexibility index (Phi) is 6.72. The molecule has 20 heavy (non-hydrogen) atoms. The first-order valence-electron chi connectivity index (χ1n) is 6.84. The lowest BCUT2D eigenvalue weighted by Crippen LogP contribution is -2.22. The third-order valence-corrected chi connectivity index (χ3v) is 4.64. The van der Waals surface area contributed by atoms with Crippen molar-refractivity contribution in [3.63, 3.8) is 0 Å². The maximum atomic E-state index is 6.99.